The number of rotatable bonds is 13. The average Bonchev–Trinajstić information content (AvgIpc) is 3.61. The van der Waals surface area contributed by atoms with E-state index in [9.17, 15) is 9.59 Å². The Labute approximate surface area is 193 Å². The van der Waals surface area contributed by atoms with Crippen molar-refractivity contribution in [2.45, 2.75) is 44.6 Å². The number of nitrogens with zero attached hydrogens (tertiary/aromatic N) is 1. The Bertz CT molecular complexity index is 748. The van der Waals surface area contributed by atoms with Crippen LogP contribution < -0.4 is 19.5 Å². The molecule has 1 unspecified atom stereocenters. The van der Waals surface area contributed by atoms with Crippen LogP contribution in [0, 0.1) is 5.92 Å². The third-order valence-corrected chi connectivity index (χ3v) is 6.72. The second-order valence-corrected chi connectivity index (χ2v) is 9.27. The minimum atomic E-state index is -0.207. The molecule has 2 aliphatic rings. The summed E-state index contributed by atoms with van der Waals surface area (Å²) in [5.41, 5.74) is 1.10. The summed E-state index contributed by atoms with van der Waals surface area (Å²) in [6, 6.07) is 3.92. The van der Waals surface area contributed by atoms with Gasteiger partial charge < -0.3 is 24.5 Å². The van der Waals surface area contributed by atoms with Gasteiger partial charge in [0.15, 0.2) is 11.5 Å². The smallest absolute Gasteiger partial charge is 0.317 e. The number of carbonyl (C=O) groups is 2. The van der Waals surface area contributed by atoms with Gasteiger partial charge in [-0.25, -0.2) is 4.79 Å². The van der Waals surface area contributed by atoms with E-state index in [1.807, 2.05) is 12.1 Å². The molecule has 31 heavy (non-hydrogen) atoms. The molecule has 1 aromatic carbocycles. The lowest BCUT2D eigenvalue weighted by atomic mass is 10.0. The monoisotopic (exact) mass is 469 g/mol. The Morgan fingerprint density at radius 1 is 1.32 bits per heavy atom. The van der Waals surface area contributed by atoms with Gasteiger partial charge in [-0.15, -0.1) is 0 Å². The molecule has 1 saturated carbocycles. The molecular weight excluding hydrogens is 438 g/mol. The van der Waals surface area contributed by atoms with Gasteiger partial charge in [0.25, 0.3) is 0 Å². The summed E-state index contributed by atoms with van der Waals surface area (Å²) in [7, 11) is 1.58. The van der Waals surface area contributed by atoms with Gasteiger partial charge in [0.1, 0.15) is 6.29 Å². The van der Waals surface area contributed by atoms with Gasteiger partial charge >= 0.3 is 6.03 Å². The SMILES string of the molecule is CNC(=O)N(CC=O)CCCCCSNC1CCOc2c1ccc(Cl)c2OCC1CC1. The Kier molecular flexibility index (Phi) is 9.61. The maximum atomic E-state index is 11.7. The molecule has 1 fully saturated rings. The molecule has 1 heterocycles. The minimum absolute atomic E-state index is 0.134. The molecule has 1 aliphatic carbocycles. The standard InChI is InChI=1S/C22H32ClN3O4S/c1-24-22(28)26(11-12-27)10-3-2-4-14-31-25-19-9-13-29-20-17(19)7-8-18(23)21(20)30-15-16-5-6-16/h7-8,12,16,19,25H,2-6,9-11,13-15H2,1H3,(H,24,28). The number of urea groups is 1. The molecule has 172 valence electrons. The first kappa shape index (κ1) is 24.0. The van der Waals surface area contributed by atoms with Crippen LogP contribution in [0.1, 0.15) is 50.1 Å². The molecule has 9 heteroatoms. The predicted octanol–water partition coefficient (Wildman–Crippen LogP) is 4.20. The molecule has 0 saturated heterocycles. The summed E-state index contributed by atoms with van der Waals surface area (Å²) in [6.07, 6.45) is 7.03. The molecule has 0 aromatic heterocycles. The number of carbonyl (C=O) groups excluding carboxylic acids is 2. The fourth-order valence-corrected chi connectivity index (χ4v) is 4.61. The number of hydrogen-bond acceptors (Lipinski definition) is 6. The highest BCUT2D eigenvalue weighted by Gasteiger charge is 2.28. The highest BCUT2D eigenvalue weighted by molar-refractivity contribution is 7.97. The fourth-order valence-electron chi connectivity index (χ4n) is 3.49. The summed E-state index contributed by atoms with van der Waals surface area (Å²) < 4.78 is 15.5. The lowest BCUT2D eigenvalue weighted by molar-refractivity contribution is -0.108. The van der Waals surface area contributed by atoms with Crippen molar-refractivity contribution in [3.63, 3.8) is 0 Å². The summed E-state index contributed by atoms with van der Waals surface area (Å²) in [4.78, 5) is 23.9. The molecule has 0 spiro atoms. The zero-order valence-corrected chi connectivity index (χ0v) is 19.6. The van der Waals surface area contributed by atoms with Crippen molar-refractivity contribution in [2.24, 2.45) is 5.92 Å². The van der Waals surface area contributed by atoms with E-state index in [2.05, 4.69) is 10.0 Å². The largest absolute Gasteiger partial charge is 0.489 e. The van der Waals surface area contributed by atoms with Crippen molar-refractivity contribution in [3.8, 4) is 11.5 Å². The molecule has 2 amide bonds. The van der Waals surface area contributed by atoms with E-state index in [0.29, 0.717) is 36.4 Å². The van der Waals surface area contributed by atoms with Crippen LogP contribution in [-0.2, 0) is 4.79 Å². The Morgan fingerprint density at radius 2 is 2.16 bits per heavy atom. The number of unbranched alkanes of at least 4 members (excludes halogenated alkanes) is 2. The van der Waals surface area contributed by atoms with Crippen molar-refractivity contribution in [1.82, 2.24) is 14.9 Å². The van der Waals surface area contributed by atoms with Gasteiger partial charge in [0.2, 0.25) is 0 Å². The van der Waals surface area contributed by atoms with Gasteiger partial charge in [-0.3, -0.25) is 4.72 Å². The molecular formula is C22H32ClN3O4S. The Hall–Kier alpha value is -1.64. The zero-order chi connectivity index (χ0) is 22.1. The van der Waals surface area contributed by atoms with Crippen LogP contribution in [0.5, 0.6) is 11.5 Å². The maximum Gasteiger partial charge on any atom is 0.317 e. The lowest BCUT2D eigenvalue weighted by Crippen LogP contribution is -2.39. The Balaban J connectivity index is 1.40. The van der Waals surface area contributed by atoms with Gasteiger partial charge in [-0.2, -0.15) is 0 Å². The van der Waals surface area contributed by atoms with Crippen LogP contribution in [-0.4, -0.2) is 56.3 Å². The van der Waals surface area contributed by atoms with Crippen molar-refractivity contribution >= 4 is 35.9 Å². The normalized spacial score (nSPS) is 17.4. The average molecular weight is 470 g/mol. The van der Waals surface area contributed by atoms with Crippen molar-refractivity contribution in [3.05, 3.63) is 22.7 Å². The van der Waals surface area contributed by atoms with Gasteiger partial charge in [0, 0.05) is 37.4 Å². The summed E-state index contributed by atoms with van der Waals surface area (Å²) in [5.74, 6) is 3.08. The minimum Gasteiger partial charge on any atom is -0.489 e. The van der Waals surface area contributed by atoms with Gasteiger partial charge in [0.05, 0.1) is 24.8 Å². The predicted molar refractivity (Wildman–Crippen MR) is 124 cm³/mol. The molecule has 1 atom stereocenters. The summed E-state index contributed by atoms with van der Waals surface area (Å²) in [6.45, 7) is 2.07. The molecule has 0 radical (unpaired) electrons. The molecule has 1 aromatic rings. The van der Waals surface area contributed by atoms with E-state index >= 15 is 0 Å². The third kappa shape index (κ3) is 7.19. The first-order valence-corrected chi connectivity index (χ1v) is 12.4. The quantitative estimate of drug-likeness (QED) is 0.256. The van der Waals surface area contributed by atoms with E-state index in [0.717, 1.165) is 49.0 Å². The lowest BCUT2D eigenvalue weighted by Gasteiger charge is -2.28. The van der Waals surface area contributed by atoms with E-state index < -0.39 is 0 Å². The molecule has 1 aliphatic heterocycles. The van der Waals surface area contributed by atoms with Crippen LogP contribution in [0.2, 0.25) is 5.02 Å². The molecule has 7 nitrogen and oxygen atoms in total. The second-order valence-electron chi connectivity index (χ2n) is 7.93. The van der Waals surface area contributed by atoms with Gasteiger partial charge in [-0.05, 0) is 37.7 Å². The highest BCUT2D eigenvalue weighted by atomic mass is 35.5. The number of aldehydes is 1. The number of fused-ring (bicyclic) bond motifs is 1. The number of amides is 2. The number of hydrogen-bond donors (Lipinski definition) is 2. The first-order valence-electron chi connectivity index (χ1n) is 11.0. The van der Waals surface area contributed by atoms with E-state index in [4.69, 9.17) is 21.1 Å². The third-order valence-electron chi connectivity index (χ3n) is 5.48. The van der Waals surface area contributed by atoms with Crippen LogP contribution in [0.3, 0.4) is 0 Å². The summed E-state index contributed by atoms with van der Waals surface area (Å²) >= 11 is 8.09. The maximum absolute atomic E-state index is 11.7. The zero-order valence-electron chi connectivity index (χ0n) is 18.0. The van der Waals surface area contributed by atoms with E-state index in [1.54, 1.807) is 19.0 Å². The Morgan fingerprint density at radius 3 is 2.90 bits per heavy atom. The first-order chi connectivity index (χ1) is 15.1. The van der Waals surface area contributed by atoms with Gasteiger partial charge in [-0.1, -0.05) is 36.0 Å². The second kappa shape index (κ2) is 12.4. The number of halogens is 1. The summed E-state index contributed by atoms with van der Waals surface area (Å²) in [5, 5.41) is 3.17. The van der Waals surface area contributed by atoms with Crippen molar-refractivity contribution in [2.75, 3.05) is 39.1 Å². The molecule has 0 bridgehead atoms. The van der Waals surface area contributed by atoms with Crippen LogP contribution in [0.25, 0.3) is 0 Å². The number of ether oxygens (including phenoxy) is 2. The van der Waals surface area contributed by atoms with Crippen molar-refractivity contribution < 1.29 is 19.1 Å². The molecule has 3 rings (SSSR count). The van der Waals surface area contributed by atoms with Crippen LogP contribution in [0.4, 0.5) is 4.79 Å². The fraction of sp³-hybridized carbons (Fsp3) is 0.636. The number of benzene rings is 1. The molecule has 2 N–H and O–H groups in total. The highest BCUT2D eigenvalue weighted by Crippen LogP contribution is 2.45. The van der Waals surface area contributed by atoms with Crippen molar-refractivity contribution in [1.29, 1.82) is 0 Å². The van der Waals surface area contributed by atoms with E-state index in [-0.39, 0.29) is 18.6 Å². The van der Waals surface area contributed by atoms with Crippen LogP contribution >= 0.6 is 23.5 Å². The number of nitrogens with one attached hydrogen (secondary N) is 2. The van der Waals surface area contributed by atoms with E-state index in [1.165, 1.54) is 17.7 Å². The topological polar surface area (TPSA) is 79.9 Å². The van der Waals surface area contributed by atoms with Crippen LogP contribution in [0.15, 0.2) is 12.1 Å².